The molecule has 0 fully saturated rings. The monoisotopic (exact) mass is 330 g/mol. The molecule has 0 atom stereocenters. The zero-order chi connectivity index (χ0) is 17.6. The lowest BCUT2D eigenvalue weighted by Gasteiger charge is -2.06. The molecule has 0 spiro atoms. The Labute approximate surface area is 146 Å². The molecule has 3 rings (SSSR count). The summed E-state index contributed by atoms with van der Waals surface area (Å²) >= 11 is 0. The normalized spacial score (nSPS) is 11.2. The maximum absolute atomic E-state index is 12.1. The SMILES string of the molecule is C/C(=N/NC(=O)c1ccccc1O)c1ccc(-c2ccccc2)cc1. The molecule has 0 aromatic heterocycles. The molecule has 4 nitrogen and oxygen atoms in total. The number of rotatable bonds is 4. The molecule has 2 N–H and O–H groups in total. The molecule has 0 aliphatic rings. The molecule has 25 heavy (non-hydrogen) atoms. The summed E-state index contributed by atoms with van der Waals surface area (Å²) in [6.45, 7) is 1.82. The van der Waals surface area contributed by atoms with Crippen LogP contribution in [0.5, 0.6) is 5.75 Å². The van der Waals surface area contributed by atoms with Gasteiger partial charge in [0.05, 0.1) is 11.3 Å². The van der Waals surface area contributed by atoms with Gasteiger partial charge in [0.25, 0.3) is 5.91 Å². The molecular formula is C21H18N2O2. The van der Waals surface area contributed by atoms with Gasteiger partial charge in [-0.2, -0.15) is 5.10 Å². The van der Waals surface area contributed by atoms with E-state index in [9.17, 15) is 9.90 Å². The molecule has 0 radical (unpaired) electrons. The van der Waals surface area contributed by atoms with E-state index in [4.69, 9.17) is 0 Å². The second-order valence-corrected chi connectivity index (χ2v) is 5.60. The first-order valence-corrected chi connectivity index (χ1v) is 7.93. The minimum atomic E-state index is -0.446. The summed E-state index contributed by atoms with van der Waals surface area (Å²) < 4.78 is 0. The van der Waals surface area contributed by atoms with Gasteiger partial charge in [-0.25, -0.2) is 5.43 Å². The van der Waals surface area contributed by atoms with Gasteiger partial charge in [0.2, 0.25) is 0 Å². The first-order chi connectivity index (χ1) is 12.1. The van der Waals surface area contributed by atoms with Crippen LogP contribution in [0, 0.1) is 0 Å². The van der Waals surface area contributed by atoms with Gasteiger partial charge < -0.3 is 5.11 Å². The Balaban J connectivity index is 1.72. The van der Waals surface area contributed by atoms with Crippen molar-refractivity contribution < 1.29 is 9.90 Å². The molecule has 0 heterocycles. The number of carbonyl (C=O) groups is 1. The van der Waals surface area contributed by atoms with E-state index in [0.717, 1.165) is 16.7 Å². The van der Waals surface area contributed by atoms with E-state index in [0.29, 0.717) is 5.71 Å². The molecular weight excluding hydrogens is 312 g/mol. The number of hydrazone groups is 1. The van der Waals surface area contributed by atoms with E-state index < -0.39 is 5.91 Å². The first-order valence-electron chi connectivity index (χ1n) is 7.93. The number of benzene rings is 3. The van der Waals surface area contributed by atoms with Crippen LogP contribution in [0.15, 0.2) is 84.0 Å². The molecule has 0 bridgehead atoms. The van der Waals surface area contributed by atoms with Crippen molar-refractivity contribution >= 4 is 11.6 Å². The lowest BCUT2D eigenvalue weighted by molar-refractivity contribution is 0.0952. The molecule has 124 valence electrons. The summed E-state index contributed by atoms with van der Waals surface area (Å²) in [6.07, 6.45) is 0. The van der Waals surface area contributed by atoms with Gasteiger partial charge in [0.1, 0.15) is 5.75 Å². The Morgan fingerprint density at radius 3 is 2.12 bits per heavy atom. The number of hydrogen-bond donors (Lipinski definition) is 2. The summed E-state index contributed by atoms with van der Waals surface area (Å²) in [5, 5.41) is 13.8. The van der Waals surface area contributed by atoms with Crippen LogP contribution >= 0.6 is 0 Å². The van der Waals surface area contributed by atoms with Crippen LogP contribution in [-0.2, 0) is 0 Å². The van der Waals surface area contributed by atoms with E-state index in [1.54, 1.807) is 18.2 Å². The summed E-state index contributed by atoms with van der Waals surface area (Å²) in [7, 11) is 0. The average Bonchev–Trinajstić information content (AvgIpc) is 2.67. The molecule has 1 amide bonds. The van der Waals surface area contributed by atoms with Crippen LogP contribution in [0.2, 0.25) is 0 Å². The molecule has 4 heteroatoms. The van der Waals surface area contributed by atoms with Crippen molar-refractivity contribution in [3.05, 3.63) is 90.0 Å². The molecule has 0 saturated carbocycles. The average molecular weight is 330 g/mol. The molecule has 0 saturated heterocycles. The van der Waals surface area contributed by atoms with Crippen LogP contribution in [0.4, 0.5) is 0 Å². The van der Waals surface area contributed by atoms with Crippen LogP contribution in [0.1, 0.15) is 22.8 Å². The third-order valence-corrected chi connectivity index (χ3v) is 3.88. The number of hydrogen-bond acceptors (Lipinski definition) is 3. The Hall–Kier alpha value is -3.40. The van der Waals surface area contributed by atoms with Gasteiger partial charge in [-0.15, -0.1) is 0 Å². The smallest absolute Gasteiger partial charge is 0.275 e. The summed E-state index contributed by atoms with van der Waals surface area (Å²) in [5.74, 6) is -0.515. The van der Waals surface area contributed by atoms with Crippen molar-refractivity contribution in [2.45, 2.75) is 6.92 Å². The Kier molecular flexibility index (Phi) is 4.90. The number of phenols is 1. The lowest BCUT2D eigenvalue weighted by Crippen LogP contribution is -2.19. The molecule has 0 aliphatic heterocycles. The predicted molar refractivity (Wildman–Crippen MR) is 99.7 cm³/mol. The van der Waals surface area contributed by atoms with Gasteiger partial charge >= 0.3 is 0 Å². The summed E-state index contributed by atoms with van der Waals surface area (Å²) in [5.41, 5.74) is 6.53. The third kappa shape index (κ3) is 3.93. The third-order valence-electron chi connectivity index (χ3n) is 3.88. The van der Waals surface area contributed by atoms with E-state index in [2.05, 4.69) is 22.7 Å². The maximum Gasteiger partial charge on any atom is 0.275 e. The van der Waals surface area contributed by atoms with Crippen molar-refractivity contribution in [1.82, 2.24) is 5.43 Å². The fraction of sp³-hybridized carbons (Fsp3) is 0.0476. The second-order valence-electron chi connectivity index (χ2n) is 5.60. The Morgan fingerprint density at radius 2 is 1.44 bits per heavy atom. The standard InChI is InChI=1S/C21H18N2O2/c1-15(22-23-21(25)19-9-5-6-10-20(19)24)16-11-13-18(14-12-16)17-7-3-2-4-8-17/h2-14,24H,1H3,(H,23,25)/b22-15-. The number of amides is 1. The molecule has 3 aromatic rings. The van der Waals surface area contributed by atoms with E-state index >= 15 is 0 Å². The Bertz CT molecular complexity index is 901. The lowest BCUT2D eigenvalue weighted by atomic mass is 10.0. The zero-order valence-corrected chi connectivity index (χ0v) is 13.8. The maximum atomic E-state index is 12.1. The van der Waals surface area contributed by atoms with Gasteiger partial charge in [0.15, 0.2) is 0 Å². The Morgan fingerprint density at radius 1 is 0.840 bits per heavy atom. The minimum Gasteiger partial charge on any atom is -0.507 e. The molecule has 0 unspecified atom stereocenters. The van der Waals surface area contributed by atoms with Crippen molar-refractivity contribution in [2.24, 2.45) is 5.10 Å². The van der Waals surface area contributed by atoms with E-state index in [1.807, 2.05) is 49.4 Å². The van der Waals surface area contributed by atoms with Crippen LogP contribution < -0.4 is 5.43 Å². The molecule has 0 aliphatic carbocycles. The first kappa shape index (κ1) is 16.5. The second kappa shape index (κ2) is 7.45. The van der Waals surface area contributed by atoms with Crippen LogP contribution in [0.25, 0.3) is 11.1 Å². The highest BCUT2D eigenvalue weighted by Gasteiger charge is 2.09. The van der Waals surface area contributed by atoms with Gasteiger partial charge in [-0.05, 0) is 35.7 Å². The van der Waals surface area contributed by atoms with Gasteiger partial charge in [0, 0.05) is 0 Å². The zero-order valence-electron chi connectivity index (χ0n) is 13.8. The number of phenolic OH excluding ortho intramolecular Hbond substituents is 1. The number of aromatic hydroxyl groups is 1. The van der Waals surface area contributed by atoms with Gasteiger partial charge in [-0.3, -0.25) is 4.79 Å². The van der Waals surface area contributed by atoms with Gasteiger partial charge in [-0.1, -0.05) is 66.7 Å². The quantitative estimate of drug-likeness (QED) is 0.556. The van der Waals surface area contributed by atoms with Crippen molar-refractivity contribution in [3.8, 4) is 16.9 Å². The number of nitrogens with zero attached hydrogens (tertiary/aromatic N) is 1. The van der Waals surface area contributed by atoms with Crippen molar-refractivity contribution in [2.75, 3.05) is 0 Å². The number of para-hydroxylation sites is 1. The van der Waals surface area contributed by atoms with Crippen molar-refractivity contribution in [3.63, 3.8) is 0 Å². The fourth-order valence-electron chi connectivity index (χ4n) is 2.46. The summed E-state index contributed by atoms with van der Waals surface area (Å²) in [6, 6.07) is 24.5. The van der Waals surface area contributed by atoms with E-state index in [1.165, 1.54) is 6.07 Å². The summed E-state index contributed by atoms with van der Waals surface area (Å²) in [4.78, 5) is 12.1. The van der Waals surface area contributed by atoms with Crippen molar-refractivity contribution in [1.29, 1.82) is 0 Å². The molecule has 3 aromatic carbocycles. The predicted octanol–water partition coefficient (Wildman–Crippen LogP) is 4.21. The highest BCUT2D eigenvalue weighted by molar-refractivity contribution is 6.01. The number of nitrogens with one attached hydrogen (secondary N) is 1. The van der Waals surface area contributed by atoms with E-state index in [-0.39, 0.29) is 11.3 Å². The van der Waals surface area contributed by atoms with Crippen LogP contribution in [-0.4, -0.2) is 16.7 Å². The van der Waals surface area contributed by atoms with Crippen LogP contribution in [0.3, 0.4) is 0 Å². The highest BCUT2D eigenvalue weighted by atomic mass is 16.3. The number of carbonyl (C=O) groups excluding carboxylic acids is 1. The topological polar surface area (TPSA) is 61.7 Å². The minimum absolute atomic E-state index is 0.0694. The highest BCUT2D eigenvalue weighted by Crippen LogP contribution is 2.19. The fourth-order valence-corrected chi connectivity index (χ4v) is 2.46. The largest absolute Gasteiger partial charge is 0.507 e.